The summed E-state index contributed by atoms with van der Waals surface area (Å²) in [5.41, 5.74) is -0.400. The van der Waals surface area contributed by atoms with Gasteiger partial charge in [-0.05, 0) is 22.3 Å². The van der Waals surface area contributed by atoms with Crippen LogP contribution in [0, 0.1) is 0 Å². The summed E-state index contributed by atoms with van der Waals surface area (Å²) in [5, 5.41) is 23.0. The van der Waals surface area contributed by atoms with Gasteiger partial charge in [0.05, 0.1) is 0 Å². The fourth-order valence-electron chi connectivity index (χ4n) is 4.93. The van der Waals surface area contributed by atoms with E-state index in [1.807, 2.05) is 121 Å². The van der Waals surface area contributed by atoms with Crippen LogP contribution in [0.15, 0.2) is 121 Å². The molecule has 1 aliphatic heterocycles. The van der Waals surface area contributed by atoms with E-state index in [2.05, 4.69) is 0 Å². The fourth-order valence-corrected chi connectivity index (χ4v) is 4.93. The second-order valence-electron chi connectivity index (χ2n) is 8.35. The highest BCUT2D eigenvalue weighted by Gasteiger charge is 2.59. The Morgan fingerprint density at radius 1 is 0.559 bits per heavy atom. The van der Waals surface area contributed by atoms with E-state index in [0.717, 1.165) is 0 Å². The molecule has 4 aromatic rings. The Kier molecular flexibility index (Phi) is 6.28. The molecule has 0 unspecified atom stereocenters. The maximum atomic E-state index is 12.4. The van der Waals surface area contributed by atoms with Crippen molar-refractivity contribution in [2.24, 2.45) is 0 Å². The molecule has 0 bridgehead atoms. The van der Waals surface area contributed by atoms with Gasteiger partial charge in [-0.3, -0.25) is 5.26 Å². The zero-order chi connectivity index (χ0) is 23.4. The second-order valence-corrected chi connectivity index (χ2v) is 8.35. The van der Waals surface area contributed by atoms with E-state index in [4.69, 9.17) is 14.4 Å². The lowest BCUT2D eigenvalue weighted by atomic mass is 9.72. The zero-order valence-electron chi connectivity index (χ0n) is 18.5. The number of benzene rings is 4. The monoisotopic (exact) mass is 454 g/mol. The Labute approximate surface area is 198 Å². The molecule has 34 heavy (non-hydrogen) atoms. The molecule has 4 aromatic carbocycles. The van der Waals surface area contributed by atoms with Crippen molar-refractivity contribution in [2.45, 2.75) is 23.4 Å². The van der Waals surface area contributed by atoms with Crippen LogP contribution in [0.4, 0.5) is 0 Å². The largest absolute Gasteiger partial charge is 0.378 e. The summed E-state index contributed by atoms with van der Waals surface area (Å²) < 4.78 is 12.3. The third-order valence-corrected chi connectivity index (χ3v) is 6.56. The van der Waals surface area contributed by atoms with E-state index < -0.39 is 23.4 Å². The van der Waals surface area contributed by atoms with Crippen molar-refractivity contribution in [3.63, 3.8) is 0 Å². The molecule has 1 aliphatic rings. The van der Waals surface area contributed by atoms with E-state index in [0.29, 0.717) is 22.3 Å². The van der Waals surface area contributed by atoms with E-state index in [-0.39, 0.29) is 6.79 Å². The molecule has 2 atom stereocenters. The standard InChI is InChI=1S/C29H26O5/c30-28(22-13-5-1-6-14-22,23-15-7-2-8-16-23)26-27(33-21-32-26)29(34-31,24-17-9-3-10-18-24)25-19-11-4-12-20-25/h1-20,26-27,30-31H,21H2/t26-,27-/m1/s1. The fraction of sp³-hybridized carbons (Fsp3) is 0.172. The minimum atomic E-state index is -1.59. The van der Waals surface area contributed by atoms with Gasteiger partial charge in [0.1, 0.15) is 24.6 Å². The van der Waals surface area contributed by atoms with Crippen molar-refractivity contribution in [1.29, 1.82) is 0 Å². The molecule has 0 aliphatic carbocycles. The van der Waals surface area contributed by atoms with Crippen LogP contribution in [0.2, 0.25) is 0 Å². The normalized spacial score (nSPS) is 18.6. The Morgan fingerprint density at radius 3 is 1.29 bits per heavy atom. The highest BCUT2D eigenvalue weighted by atomic mass is 17.1. The van der Waals surface area contributed by atoms with Gasteiger partial charge in [0.2, 0.25) is 0 Å². The molecule has 5 heteroatoms. The summed E-state index contributed by atoms with van der Waals surface area (Å²) >= 11 is 0. The molecule has 0 saturated carbocycles. The number of hydrogen-bond acceptors (Lipinski definition) is 5. The Morgan fingerprint density at radius 2 is 0.912 bits per heavy atom. The van der Waals surface area contributed by atoms with Crippen molar-refractivity contribution < 1.29 is 24.7 Å². The highest BCUT2D eigenvalue weighted by molar-refractivity contribution is 5.43. The summed E-state index contributed by atoms with van der Waals surface area (Å²) in [7, 11) is 0. The van der Waals surface area contributed by atoms with Crippen molar-refractivity contribution in [3.8, 4) is 0 Å². The quantitative estimate of drug-likeness (QED) is 0.301. The van der Waals surface area contributed by atoms with Crippen molar-refractivity contribution in [1.82, 2.24) is 0 Å². The number of ether oxygens (including phenoxy) is 2. The average Bonchev–Trinajstić information content (AvgIpc) is 3.42. The van der Waals surface area contributed by atoms with Gasteiger partial charge in [0.25, 0.3) is 0 Å². The van der Waals surface area contributed by atoms with Crippen LogP contribution in [0.3, 0.4) is 0 Å². The lowest BCUT2D eigenvalue weighted by molar-refractivity contribution is -0.341. The third kappa shape index (κ3) is 3.64. The first-order chi connectivity index (χ1) is 16.7. The highest BCUT2D eigenvalue weighted by Crippen LogP contribution is 2.48. The smallest absolute Gasteiger partial charge is 0.182 e. The van der Waals surface area contributed by atoms with Crippen LogP contribution in [-0.2, 0) is 25.6 Å². The van der Waals surface area contributed by atoms with Crippen LogP contribution >= 0.6 is 0 Å². The van der Waals surface area contributed by atoms with Crippen molar-refractivity contribution >= 4 is 0 Å². The van der Waals surface area contributed by atoms with Gasteiger partial charge in [-0.15, -0.1) is 0 Å². The molecule has 1 heterocycles. The lowest BCUT2D eigenvalue weighted by Gasteiger charge is -2.43. The Bertz CT molecular complexity index is 1100. The van der Waals surface area contributed by atoms with E-state index >= 15 is 0 Å². The van der Waals surface area contributed by atoms with Crippen molar-refractivity contribution in [3.05, 3.63) is 144 Å². The van der Waals surface area contributed by atoms with Gasteiger partial charge in [0.15, 0.2) is 5.60 Å². The van der Waals surface area contributed by atoms with E-state index in [1.165, 1.54) is 0 Å². The SMILES string of the molecule is OOC(c1ccccc1)(c1ccccc1)[C@@H]1OCO[C@H]1C(O)(c1ccccc1)c1ccccc1. The summed E-state index contributed by atoms with van der Waals surface area (Å²) in [5.74, 6) is 0. The molecular formula is C29H26O5. The predicted molar refractivity (Wildman–Crippen MR) is 128 cm³/mol. The molecule has 5 rings (SSSR count). The number of rotatable bonds is 7. The topological polar surface area (TPSA) is 68.2 Å². The molecule has 2 N–H and O–H groups in total. The van der Waals surface area contributed by atoms with Crippen LogP contribution < -0.4 is 0 Å². The van der Waals surface area contributed by atoms with Crippen LogP contribution in [0.5, 0.6) is 0 Å². The molecule has 172 valence electrons. The third-order valence-electron chi connectivity index (χ3n) is 6.56. The van der Waals surface area contributed by atoms with Gasteiger partial charge in [0, 0.05) is 0 Å². The van der Waals surface area contributed by atoms with Gasteiger partial charge >= 0.3 is 0 Å². The second kappa shape index (κ2) is 9.50. The van der Waals surface area contributed by atoms with Crippen LogP contribution in [0.1, 0.15) is 22.3 Å². The summed E-state index contributed by atoms with van der Waals surface area (Å²) in [6.07, 6.45) is -1.81. The Hall–Kier alpha value is -3.32. The number of hydrogen-bond donors (Lipinski definition) is 2. The van der Waals surface area contributed by atoms with Gasteiger partial charge in [-0.2, -0.15) is 0 Å². The number of aliphatic hydroxyl groups is 1. The minimum absolute atomic E-state index is 0.0674. The van der Waals surface area contributed by atoms with Crippen LogP contribution in [0.25, 0.3) is 0 Å². The predicted octanol–water partition coefficient (Wildman–Crippen LogP) is 5.10. The maximum Gasteiger partial charge on any atom is 0.182 e. The first-order valence-electron chi connectivity index (χ1n) is 11.2. The molecule has 5 nitrogen and oxygen atoms in total. The zero-order valence-corrected chi connectivity index (χ0v) is 18.5. The molecule has 1 fully saturated rings. The summed E-state index contributed by atoms with van der Waals surface area (Å²) in [4.78, 5) is 5.38. The lowest BCUT2D eigenvalue weighted by Crippen LogP contribution is -2.55. The maximum absolute atomic E-state index is 12.4. The molecular weight excluding hydrogens is 428 g/mol. The Balaban J connectivity index is 1.73. The molecule has 0 amide bonds. The summed E-state index contributed by atoms with van der Waals surface area (Å²) in [6, 6.07) is 37.5. The molecule has 0 radical (unpaired) electrons. The molecule has 1 saturated heterocycles. The van der Waals surface area contributed by atoms with Crippen LogP contribution in [-0.4, -0.2) is 29.4 Å². The van der Waals surface area contributed by atoms with Gasteiger partial charge < -0.3 is 14.6 Å². The van der Waals surface area contributed by atoms with Gasteiger partial charge in [-0.25, -0.2) is 4.89 Å². The molecule has 0 aromatic heterocycles. The first kappa shape index (κ1) is 22.5. The first-order valence-corrected chi connectivity index (χ1v) is 11.2. The van der Waals surface area contributed by atoms with E-state index in [9.17, 15) is 10.4 Å². The van der Waals surface area contributed by atoms with E-state index in [1.54, 1.807) is 0 Å². The van der Waals surface area contributed by atoms with Crippen molar-refractivity contribution in [2.75, 3.05) is 6.79 Å². The summed E-state index contributed by atoms with van der Waals surface area (Å²) in [6.45, 7) is -0.0674. The minimum Gasteiger partial charge on any atom is -0.378 e. The van der Waals surface area contributed by atoms with Gasteiger partial charge in [-0.1, -0.05) is 121 Å². The molecule has 0 spiro atoms. The average molecular weight is 455 g/mol.